The maximum atomic E-state index is 11.6. The fourth-order valence-corrected chi connectivity index (χ4v) is 2.88. The molecule has 1 amide bonds. The number of nitrogens with one attached hydrogen (secondary N) is 1. The van der Waals surface area contributed by atoms with Gasteiger partial charge in [-0.3, -0.25) is 9.69 Å². The molecule has 0 radical (unpaired) electrons. The zero-order valence-electron chi connectivity index (χ0n) is 13.7. The number of nitrogens with zero attached hydrogens (tertiary/aromatic N) is 1. The molecule has 1 atom stereocenters. The van der Waals surface area contributed by atoms with Gasteiger partial charge in [-0.2, -0.15) is 0 Å². The van der Waals surface area contributed by atoms with Crippen LogP contribution in [0.25, 0.3) is 0 Å². The minimum absolute atomic E-state index is 0.0340. The van der Waals surface area contributed by atoms with Crippen molar-refractivity contribution >= 4 is 5.91 Å². The Morgan fingerprint density at radius 3 is 2.86 bits per heavy atom. The molecule has 1 heterocycles. The molecule has 1 aromatic carbocycles. The van der Waals surface area contributed by atoms with E-state index in [-0.39, 0.29) is 11.5 Å². The molecule has 5 heteroatoms. The normalized spacial score (nSPS) is 22.3. The maximum Gasteiger partial charge on any atom is 0.233 e. The number of hydrogen-bond donors (Lipinski definition) is 1. The van der Waals surface area contributed by atoms with Gasteiger partial charge in [0.05, 0.1) is 6.54 Å². The number of hydrogen-bond acceptors (Lipinski definition) is 4. The minimum atomic E-state index is -0.353. The molecule has 1 aromatic rings. The molecule has 22 heavy (non-hydrogen) atoms. The van der Waals surface area contributed by atoms with Gasteiger partial charge in [0.1, 0.15) is 18.0 Å². The Balaban J connectivity index is 1.99. The van der Waals surface area contributed by atoms with Gasteiger partial charge in [-0.1, -0.05) is 18.2 Å². The summed E-state index contributed by atoms with van der Waals surface area (Å²) in [5.41, 5.74) is 0.765. The standard InChI is InChI=1S/C17H26N2O3/c1-14-7-4-5-8-15(14)22-13-17(21-3)9-6-10-19(12-17)11-16(20)18-2/h4-5,7-8H,6,9-13H2,1-3H3,(H,18,20)/t17-/m1/s1. The first-order valence-electron chi connectivity index (χ1n) is 7.75. The number of likely N-dealkylation sites (tertiary alicyclic amines) is 1. The molecule has 1 aliphatic heterocycles. The number of amides is 1. The topological polar surface area (TPSA) is 50.8 Å². The lowest BCUT2D eigenvalue weighted by molar-refractivity contribution is -0.126. The third-order valence-electron chi connectivity index (χ3n) is 4.28. The lowest BCUT2D eigenvalue weighted by Gasteiger charge is -2.41. The van der Waals surface area contributed by atoms with E-state index in [0.29, 0.717) is 19.7 Å². The van der Waals surface area contributed by atoms with Gasteiger partial charge >= 0.3 is 0 Å². The van der Waals surface area contributed by atoms with Gasteiger partial charge in [0, 0.05) is 20.7 Å². The number of carbonyl (C=O) groups excluding carboxylic acids is 1. The fourth-order valence-electron chi connectivity index (χ4n) is 2.88. The number of rotatable bonds is 6. The minimum Gasteiger partial charge on any atom is -0.490 e. The first-order chi connectivity index (χ1) is 10.6. The van der Waals surface area contributed by atoms with Crippen molar-refractivity contribution in [2.75, 3.05) is 40.4 Å². The van der Waals surface area contributed by atoms with Crippen molar-refractivity contribution in [2.24, 2.45) is 0 Å². The second-order valence-corrected chi connectivity index (χ2v) is 5.93. The van der Waals surface area contributed by atoms with E-state index in [1.54, 1.807) is 14.2 Å². The van der Waals surface area contributed by atoms with Crippen LogP contribution in [0.15, 0.2) is 24.3 Å². The van der Waals surface area contributed by atoms with Gasteiger partial charge in [0.2, 0.25) is 5.91 Å². The Labute approximate surface area is 132 Å². The Morgan fingerprint density at radius 2 is 2.18 bits per heavy atom. The smallest absolute Gasteiger partial charge is 0.233 e. The van der Waals surface area contributed by atoms with E-state index in [2.05, 4.69) is 10.2 Å². The van der Waals surface area contributed by atoms with Crippen molar-refractivity contribution in [1.82, 2.24) is 10.2 Å². The van der Waals surface area contributed by atoms with Crippen LogP contribution in [0.1, 0.15) is 18.4 Å². The highest BCUT2D eigenvalue weighted by Gasteiger charge is 2.37. The summed E-state index contributed by atoms with van der Waals surface area (Å²) >= 11 is 0. The summed E-state index contributed by atoms with van der Waals surface area (Å²) in [6.45, 7) is 4.57. The van der Waals surface area contributed by atoms with Gasteiger partial charge < -0.3 is 14.8 Å². The van der Waals surface area contributed by atoms with Crippen LogP contribution < -0.4 is 10.1 Å². The van der Waals surface area contributed by atoms with Crippen molar-refractivity contribution < 1.29 is 14.3 Å². The number of aryl methyl sites for hydroxylation is 1. The molecule has 0 aliphatic carbocycles. The van der Waals surface area contributed by atoms with Crippen LogP contribution in [0.2, 0.25) is 0 Å². The van der Waals surface area contributed by atoms with Crippen molar-refractivity contribution in [3.63, 3.8) is 0 Å². The first kappa shape index (κ1) is 16.8. The Kier molecular flexibility index (Phi) is 5.80. The summed E-state index contributed by atoms with van der Waals surface area (Å²) in [4.78, 5) is 13.7. The van der Waals surface area contributed by atoms with Gasteiger partial charge in [-0.15, -0.1) is 0 Å². The molecule has 1 saturated heterocycles. The number of methoxy groups -OCH3 is 1. The molecule has 0 aromatic heterocycles. The lowest BCUT2D eigenvalue weighted by Crippen LogP contribution is -2.54. The van der Waals surface area contributed by atoms with E-state index in [9.17, 15) is 4.79 Å². The second-order valence-electron chi connectivity index (χ2n) is 5.93. The zero-order valence-corrected chi connectivity index (χ0v) is 13.7. The van der Waals surface area contributed by atoms with Crippen LogP contribution in [0, 0.1) is 6.92 Å². The monoisotopic (exact) mass is 306 g/mol. The highest BCUT2D eigenvalue weighted by Crippen LogP contribution is 2.27. The quantitative estimate of drug-likeness (QED) is 0.867. The molecule has 0 unspecified atom stereocenters. The molecular weight excluding hydrogens is 280 g/mol. The molecule has 0 bridgehead atoms. The number of piperidine rings is 1. The Hall–Kier alpha value is -1.59. The Morgan fingerprint density at radius 1 is 1.41 bits per heavy atom. The summed E-state index contributed by atoms with van der Waals surface area (Å²) in [7, 11) is 3.39. The molecule has 5 nitrogen and oxygen atoms in total. The highest BCUT2D eigenvalue weighted by atomic mass is 16.5. The van der Waals surface area contributed by atoms with Gasteiger partial charge in [-0.25, -0.2) is 0 Å². The molecule has 1 N–H and O–H groups in total. The summed E-state index contributed by atoms with van der Waals surface area (Å²) in [6, 6.07) is 7.98. The molecule has 0 saturated carbocycles. The number of likely N-dealkylation sites (N-methyl/N-ethyl adjacent to an activating group) is 1. The number of ether oxygens (including phenoxy) is 2. The predicted octanol–water partition coefficient (Wildman–Crippen LogP) is 1.60. The first-order valence-corrected chi connectivity index (χ1v) is 7.75. The fraction of sp³-hybridized carbons (Fsp3) is 0.588. The summed E-state index contributed by atoms with van der Waals surface area (Å²) < 4.78 is 11.8. The predicted molar refractivity (Wildman–Crippen MR) is 86.2 cm³/mol. The summed E-state index contributed by atoms with van der Waals surface area (Å²) in [6.07, 6.45) is 1.95. The largest absolute Gasteiger partial charge is 0.490 e. The van der Waals surface area contributed by atoms with Gasteiger partial charge in [-0.05, 0) is 37.9 Å². The maximum absolute atomic E-state index is 11.6. The summed E-state index contributed by atoms with van der Waals surface area (Å²) in [5, 5.41) is 2.67. The zero-order chi connectivity index (χ0) is 16.0. The SMILES string of the molecule is CNC(=O)CN1CCC[C@@](COc2ccccc2C)(OC)C1. The van der Waals surface area contributed by atoms with Crippen LogP contribution in [0.3, 0.4) is 0 Å². The van der Waals surface area contributed by atoms with Crippen molar-refractivity contribution in [3.8, 4) is 5.75 Å². The van der Waals surface area contributed by atoms with Crippen LogP contribution >= 0.6 is 0 Å². The van der Waals surface area contributed by atoms with Crippen LogP contribution in [0.4, 0.5) is 0 Å². The summed E-state index contributed by atoms with van der Waals surface area (Å²) in [5.74, 6) is 0.925. The average Bonchev–Trinajstić information content (AvgIpc) is 2.54. The number of carbonyl (C=O) groups is 1. The molecule has 1 aliphatic rings. The van der Waals surface area contributed by atoms with Crippen LogP contribution in [-0.2, 0) is 9.53 Å². The molecule has 2 rings (SSSR count). The van der Waals surface area contributed by atoms with Crippen molar-refractivity contribution in [3.05, 3.63) is 29.8 Å². The van der Waals surface area contributed by atoms with Gasteiger partial charge in [0.25, 0.3) is 0 Å². The molecule has 122 valence electrons. The van der Waals surface area contributed by atoms with Crippen LogP contribution in [0.5, 0.6) is 5.75 Å². The highest BCUT2D eigenvalue weighted by molar-refractivity contribution is 5.77. The third-order valence-corrected chi connectivity index (χ3v) is 4.28. The lowest BCUT2D eigenvalue weighted by atomic mass is 9.93. The van der Waals surface area contributed by atoms with Crippen molar-refractivity contribution in [1.29, 1.82) is 0 Å². The number of para-hydroxylation sites is 1. The average molecular weight is 306 g/mol. The molecule has 0 spiro atoms. The van der Waals surface area contributed by atoms with E-state index in [1.807, 2.05) is 31.2 Å². The van der Waals surface area contributed by atoms with Crippen LogP contribution in [-0.4, -0.2) is 56.8 Å². The van der Waals surface area contributed by atoms with E-state index >= 15 is 0 Å². The number of benzene rings is 1. The van der Waals surface area contributed by atoms with E-state index in [4.69, 9.17) is 9.47 Å². The van der Waals surface area contributed by atoms with E-state index in [0.717, 1.165) is 30.7 Å². The van der Waals surface area contributed by atoms with E-state index in [1.165, 1.54) is 0 Å². The second kappa shape index (κ2) is 7.61. The van der Waals surface area contributed by atoms with Gasteiger partial charge in [0.15, 0.2) is 0 Å². The Bertz CT molecular complexity index is 506. The van der Waals surface area contributed by atoms with E-state index < -0.39 is 0 Å². The molecular formula is C17H26N2O3. The van der Waals surface area contributed by atoms with Crippen molar-refractivity contribution in [2.45, 2.75) is 25.4 Å². The molecule has 1 fully saturated rings. The third kappa shape index (κ3) is 4.21.